The van der Waals surface area contributed by atoms with Crippen LogP contribution >= 0.6 is 138 Å². The number of halogens is 7. The van der Waals surface area contributed by atoms with Gasteiger partial charge in [-0.05, 0) is 156 Å². The van der Waals surface area contributed by atoms with Gasteiger partial charge in [-0.3, -0.25) is 0 Å². The van der Waals surface area contributed by atoms with E-state index in [4.69, 9.17) is 4.42 Å². The Hall–Kier alpha value is 1.76. The molecule has 0 aliphatic carbocycles. The van der Waals surface area contributed by atoms with E-state index >= 15 is 0 Å². The van der Waals surface area contributed by atoms with Crippen LogP contribution in [0.3, 0.4) is 0 Å². The zero-order chi connectivity index (χ0) is 23.6. The van der Waals surface area contributed by atoms with Crippen LogP contribution in [-0.4, -0.2) is 21.3 Å². The molecule has 0 saturated carbocycles. The molecule has 0 unspecified atom stereocenters. The van der Waals surface area contributed by atoms with Crippen LogP contribution in [0.5, 0.6) is 11.5 Å². The molecule has 0 atom stereocenters. The Labute approximate surface area is 289 Å². The second-order valence-electron chi connectivity index (χ2n) is 6.49. The van der Waals surface area contributed by atoms with Crippen molar-refractivity contribution in [1.29, 1.82) is 0 Å². The van der Waals surface area contributed by atoms with Gasteiger partial charge >= 0.3 is 46.7 Å². The maximum absolute atomic E-state index is 12.4. The summed E-state index contributed by atoms with van der Waals surface area (Å²) in [4.78, 5) is 12.4. The molecule has 33 heavy (non-hydrogen) atoms. The van der Waals surface area contributed by atoms with Crippen molar-refractivity contribution in [2.75, 3.05) is 0 Å². The van der Waals surface area contributed by atoms with Gasteiger partial charge in [0.25, 0.3) is 0 Å². The Bertz CT molecular complexity index is 1440. The Morgan fingerprint density at radius 2 is 1.27 bits per heavy atom. The number of phenolic OH excluding ortho intramolecular Hbond substituents is 2. The molecule has 13 heteroatoms. The van der Waals surface area contributed by atoms with Crippen molar-refractivity contribution in [3.05, 3.63) is 51.5 Å². The Morgan fingerprint density at radius 3 is 1.70 bits per heavy atom. The minimum Gasteiger partial charge on any atom is -0.505 e. The molecule has 5 nitrogen and oxygen atoms in total. The topological polar surface area (TPSA) is 89.1 Å². The molecule has 164 valence electrons. The molecule has 4 aromatic rings. The fourth-order valence-electron chi connectivity index (χ4n) is 3.29. The zero-order valence-corrected chi connectivity index (χ0v) is 31.4. The van der Waals surface area contributed by atoms with Crippen LogP contribution in [0.1, 0.15) is 10.4 Å². The summed E-state index contributed by atoms with van der Waals surface area (Å²) in [6.45, 7) is 0. The van der Waals surface area contributed by atoms with Crippen LogP contribution < -0.4 is 29.6 Å². The maximum atomic E-state index is 12.4. The molecular weight excluding hydrogens is 1090 g/mol. The molecule has 0 aliphatic heterocycles. The summed E-state index contributed by atoms with van der Waals surface area (Å²) in [7, 11) is 0. The average Bonchev–Trinajstić information content (AvgIpc) is 2.73. The third kappa shape index (κ3) is 5.09. The quantitative estimate of drug-likeness (QED) is 0.0717. The van der Waals surface area contributed by atoms with Crippen molar-refractivity contribution in [1.82, 2.24) is 0 Å². The predicted octanol–water partition coefficient (Wildman–Crippen LogP) is 6.35. The molecule has 3 N–H and O–H groups in total. The second kappa shape index (κ2) is 11.2. The van der Waals surface area contributed by atoms with Crippen molar-refractivity contribution in [3.63, 3.8) is 0 Å². The van der Waals surface area contributed by atoms with E-state index in [1.165, 1.54) is 0 Å². The number of carbonyl (C=O) groups is 1. The van der Waals surface area contributed by atoms with Gasteiger partial charge in [0.15, 0.2) is 18.6 Å². The number of carboxylic acids is 1. The number of hydrogen-bond donors (Lipinski definition) is 3. The summed E-state index contributed by atoms with van der Waals surface area (Å²) in [6.07, 6.45) is 0. The van der Waals surface area contributed by atoms with Gasteiger partial charge < -0.3 is 15.3 Å². The normalized spacial score (nSPS) is 11.1. The summed E-state index contributed by atoms with van der Waals surface area (Å²) in [5.41, 5.74) is 1.95. The zero-order valence-electron chi connectivity index (χ0n) is 16.0. The fraction of sp³-hybridized carbons (Fsp3) is 0. The van der Waals surface area contributed by atoms with E-state index < -0.39 is 5.97 Å². The largest absolute Gasteiger partial charge is 1.00 e. The van der Waals surface area contributed by atoms with Crippen molar-refractivity contribution in [2.45, 2.75) is 0 Å². The van der Waals surface area contributed by atoms with Crippen molar-refractivity contribution >= 4 is 166 Å². The summed E-state index contributed by atoms with van der Waals surface area (Å²) in [6, 6.07) is 5.28. The number of aromatic hydroxyl groups is 2. The van der Waals surface area contributed by atoms with E-state index in [9.17, 15) is 20.1 Å². The van der Waals surface area contributed by atoms with Crippen LogP contribution in [0, 0.1) is 14.3 Å². The first-order valence-corrected chi connectivity index (χ1v) is 15.0. The van der Waals surface area contributed by atoms with E-state index in [0.29, 0.717) is 60.8 Å². The molecule has 3 aromatic carbocycles. The van der Waals surface area contributed by atoms with Crippen LogP contribution in [0.4, 0.5) is 0 Å². The fourth-order valence-corrected chi connectivity index (χ4v) is 8.47. The van der Waals surface area contributed by atoms with E-state index in [1.807, 2.05) is 90.4 Å². The van der Waals surface area contributed by atoms with Crippen LogP contribution in [-0.2, 0) is 0 Å². The summed E-state index contributed by atoms with van der Waals surface area (Å²) in [5, 5.41) is 32.4. The second-order valence-corrected chi connectivity index (χ2v) is 13.4. The number of carboxylic acid groups (broad SMARTS) is 1. The van der Waals surface area contributed by atoms with Gasteiger partial charge in [0.1, 0.15) is 0 Å². The van der Waals surface area contributed by atoms with E-state index in [-0.39, 0.29) is 46.6 Å². The maximum Gasteiger partial charge on any atom is 1.00 e. The van der Waals surface area contributed by atoms with Crippen LogP contribution in [0.2, 0.25) is 0 Å². The molecule has 0 bridgehead atoms. The molecule has 1 heterocycles. The van der Waals surface area contributed by atoms with E-state index in [2.05, 4.69) is 47.8 Å². The Kier molecular flexibility index (Phi) is 9.99. The first-order chi connectivity index (χ1) is 15.0. The van der Waals surface area contributed by atoms with Crippen LogP contribution in [0.25, 0.3) is 33.1 Å². The van der Waals surface area contributed by atoms with E-state index in [0.717, 1.165) is 0 Å². The van der Waals surface area contributed by atoms with Crippen molar-refractivity contribution < 1.29 is 54.1 Å². The molecule has 0 spiro atoms. The minimum absolute atomic E-state index is 0. The molecule has 0 aliphatic rings. The van der Waals surface area contributed by atoms with Crippen molar-refractivity contribution in [3.8, 4) is 22.6 Å². The van der Waals surface area contributed by atoms with Gasteiger partial charge in [-0.15, -0.1) is 0 Å². The predicted molar refractivity (Wildman–Crippen MR) is 168 cm³/mol. The molecule has 1 aromatic heterocycles. The number of hydrogen-bond acceptors (Lipinski definition) is 3. The van der Waals surface area contributed by atoms with Gasteiger partial charge in [0, 0.05) is 24.5 Å². The minimum atomic E-state index is -1.10. The molecule has 0 saturated heterocycles. The Balaban J connectivity index is 0.00000306. The molecular formula is C20H6Br3I4NaO5+2. The summed E-state index contributed by atoms with van der Waals surface area (Å²) < 4.78 is 10.0. The van der Waals surface area contributed by atoms with Gasteiger partial charge in [0.2, 0.25) is 0 Å². The molecule has 0 amide bonds. The van der Waals surface area contributed by atoms with Gasteiger partial charge in [-0.25, -0.2) is 9.21 Å². The van der Waals surface area contributed by atoms with Gasteiger partial charge in [-0.2, -0.15) is 0 Å². The summed E-state index contributed by atoms with van der Waals surface area (Å²) in [5.74, 6) is -0.947. The third-order valence-corrected chi connectivity index (χ3v) is 11.6. The first-order valence-electron chi connectivity index (χ1n) is 8.34. The SMILES string of the molecule is O=C(O)c1c(-c2c3cc(I)c(O)c(I)c3[o+]c3c(I)c(O)c(I)cc23)cc(Br)c(Br)c1Br.[Na+]. The smallest absolute Gasteiger partial charge is 0.505 e. The Morgan fingerprint density at radius 1 is 0.818 bits per heavy atom. The van der Waals surface area contributed by atoms with Crippen molar-refractivity contribution in [2.24, 2.45) is 0 Å². The number of fused-ring (bicyclic) bond motifs is 2. The molecule has 0 radical (unpaired) electrons. The monoisotopic (exact) mass is 1090 g/mol. The molecule has 4 rings (SSSR count). The number of phenols is 2. The van der Waals surface area contributed by atoms with Gasteiger partial charge in [-0.1, -0.05) is 0 Å². The van der Waals surface area contributed by atoms with E-state index in [1.54, 1.807) is 18.2 Å². The van der Waals surface area contributed by atoms with Gasteiger partial charge in [0.05, 0.1) is 23.5 Å². The average molecular weight is 1100 g/mol. The molecule has 0 fully saturated rings. The third-order valence-electron chi connectivity index (χ3n) is 4.69. The standard InChI is InChI=1S/C20H5Br3I4O5.Na/c21-7-1-4(11(20(30)31)13(23)12(7)22)10-5-2-8(24)16(28)14(26)18(5)32-19-6(10)3-9(25)17(29)15(19)27;/h1-3H,(H2-,28,29,30,31);/q;+1/p+1. The summed E-state index contributed by atoms with van der Waals surface area (Å²) >= 11 is 18.4. The number of aromatic carboxylic acids is 1. The first kappa shape index (κ1) is 29.3. The number of benzene rings is 3. The number of rotatable bonds is 2. The van der Waals surface area contributed by atoms with Crippen LogP contribution in [0.15, 0.2) is 36.0 Å².